The number of ether oxygens (including phenoxy) is 1. The van der Waals surface area contributed by atoms with Crippen LogP contribution in [0, 0.1) is 10.1 Å². The largest absolute Gasteiger partial charge is 0.373 e. The fraction of sp³-hybridized carbons (Fsp3) is 0.667. The molecule has 1 atom stereocenters. The smallest absolute Gasteiger partial charge is 0.345 e. The van der Waals surface area contributed by atoms with Gasteiger partial charge in [0.25, 0.3) is 0 Å². The molecule has 1 aromatic heterocycles. The van der Waals surface area contributed by atoms with Gasteiger partial charge in [0, 0.05) is 19.6 Å². The van der Waals surface area contributed by atoms with Crippen molar-refractivity contribution in [1.29, 1.82) is 0 Å². The maximum atomic E-state index is 10.6. The van der Waals surface area contributed by atoms with Gasteiger partial charge >= 0.3 is 5.00 Å². The molecule has 1 fully saturated rings. The third-order valence-electron chi connectivity index (χ3n) is 2.50. The highest BCUT2D eigenvalue weighted by Crippen LogP contribution is 2.29. The summed E-state index contributed by atoms with van der Waals surface area (Å²) >= 11 is 1.11. The first-order chi connectivity index (χ1) is 8.20. The Morgan fingerprint density at radius 2 is 2.65 bits per heavy atom. The van der Waals surface area contributed by atoms with E-state index in [9.17, 15) is 10.1 Å². The molecule has 17 heavy (non-hydrogen) atoms. The molecular weight excluding hydrogens is 244 g/mol. The molecule has 7 nitrogen and oxygen atoms in total. The number of likely N-dealkylation sites (N-methyl/N-ethyl adjacent to an activating group) is 1. The Labute approximate surface area is 103 Å². The topological polar surface area (TPSA) is 80.5 Å². The molecule has 0 amide bonds. The van der Waals surface area contributed by atoms with E-state index in [0.717, 1.165) is 24.4 Å². The quantitative estimate of drug-likeness (QED) is 0.625. The van der Waals surface area contributed by atoms with Crippen molar-refractivity contribution in [2.45, 2.75) is 6.10 Å². The van der Waals surface area contributed by atoms with Crippen LogP contribution in [0.3, 0.4) is 0 Å². The third-order valence-corrected chi connectivity index (χ3v) is 3.51. The molecule has 1 saturated heterocycles. The fourth-order valence-electron chi connectivity index (χ4n) is 1.73. The number of nitrogens with zero attached hydrogens (tertiary/aromatic N) is 3. The number of nitro groups is 1. The van der Waals surface area contributed by atoms with Gasteiger partial charge in [-0.15, -0.1) is 0 Å². The van der Waals surface area contributed by atoms with E-state index in [1.165, 1.54) is 6.20 Å². The zero-order valence-electron chi connectivity index (χ0n) is 9.46. The Balaban J connectivity index is 2.02. The molecule has 0 radical (unpaired) electrons. The van der Waals surface area contributed by atoms with Crippen molar-refractivity contribution in [2.24, 2.45) is 0 Å². The summed E-state index contributed by atoms with van der Waals surface area (Å²) < 4.78 is 5.56. The molecule has 1 N–H and O–H groups in total. The van der Waals surface area contributed by atoms with E-state index in [0.29, 0.717) is 18.3 Å². The Morgan fingerprint density at radius 1 is 1.82 bits per heavy atom. The van der Waals surface area contributed by atoms with Gasteiger partial charge in [-0.2, -0.15) is 0 Å². The van der Waals surface area contributed by atoms with E-state index < -0.39 is 4.92 Å². The first-order valence-electron chi connectivity index (χ1n) is 5.32. The van der Waals surface area contributed by atoms with Crippen LogP contribution in [-0.2, 0) is 4.74 Å². The SMILES string of the molecule is CNCC1CN(c2ncc([N+](=O)[O-])s2)CCO1. The first kappa shape index (κ1) is 12.2. The van der Waals surface area contributed by atoms with Crippen molar-refractivity contribution in [3.05, 3.63) is 16.3 Å². The van der Waals surface area contributed by atoms with Crippen molar-refractivity contribution >= 4 is 21.5 Å². The second kappa shape index (κ2) is 5.39. The highest BCUT2D eigenvalue weighted by Gasteiger charge is 2.23. The van der Waals surface area contributed by atoms with Crippen molar-refractivity contribution in [2.75, 3.05) is 38.2 Å². The fourth-order valence-corrected chi connectivity index (χ4v) is 2.50. The highest BCUT2D eigenvalue weighted by atomic mass is 32.1. The summed E-state index contributed by atoms with van der Waals surface area (Å²) in [6.45, 7) is 2.83. The van der Waals surface area contributed by atoms with Crippen LogP contribution in [0.5, 0.6) is 0 Å². The van der Waals surface area contributed by atoms with Gasteiger partial charge in [0.05, 0.1) is 17.6 Å². The van der Waals surface area contributed by atoms with Gasteiger partial charge in [0.2, 0.25) is 0 Å². The van der Waals surface area contributed by atoms with Gasteiger partial charge in [0.15, 0.2) is 5.13 Å². The number of thiazole rings is 1. The molecule has 0 bridgehead atoms. The number of anilines is 1. The average molecular weight is 258 g/mol. The molecule has 1 aromatic rings. The summed E-state index contributed by atoms with van der Waals surface area (Å²) in [4.78, 5) is 16.3. The molecule has 0 aliphatic carbocycles. The molecular formula is C9H14N4O3S. The highest BCUT2D eigenvalue weighted by molar-refractivity contribution is 7.18. The lowest BCUT2D eigenvalue weighted by molar-refractivity contribution is -0.380. The predicted octanol–water partition coefficient (Wildman–Crippen LogP) is 0.476. The second-order valence-corrected chi connectivity index (χ2v) is 4.72. The van der Waals surface area contributed by atoms with E-state index in [4.69, 9.17) is 4.74 Å². The van der Waals surface area contributed by atoms with E-state index in [1.54, 1.807) is 0 Å². The van der Waals surface area contributed by atoms with Crippen LogP contribution in [0.2, 0.25) is 0 Å². The van der Waals surface area contributed by atoms with E-state index in [-0.39, 0.29) is 11.1 Å². The second-order valence-electron chi connectivity index (χ2n) is 3.73. The molecule has 0 saturated carbocycles. The van der Waals surface area contributed by atoms with Crippen LogP contribution in [0.25, 0.3) is 0 Å². The zero-order valence-corrected chi connectivity index (χ0v) is 10.3. The van der Waals surface area contributed by atoms with Crippen LogP contribution in [0.1, 0.15) is 0 Å². The van der Waals surface area contributed by atoms with E-state index in [1.807, 2.05) is 11.9 Å². The van der Waals surface area contributed by atoms with Crippen molar-refractivity contribution < 1.29 is 9.66 Å². The van der Waals surface area contributed by atoms with Gasteiger partial charge in [-0.1, -0.05) is 0 Å². The minimum atomic E-state index is -0.410. The predicted molar refractivity (Wildman–Crippen MR) is 64.6 cm³/mol. The number of hydrogen-bond acceptors (Lipinski definition) is 7. The maximum absolute atomic E-state index is 10.6. The Morgan fingerprint density at radius 3 is 3.29 bits per heavy atom. The molecule has 2 heterocycles. The van der Waals surface area contributed by atoms with Crippen LogP contribution in [-0.4, -0.2) is 49.3 Å². The van der Waals surface area contributed by atoms with Gasteiger partial charge in [0.1, 0.15) is 6.20 Å². The van der Waals surface area contributed by atoms with E-state index in [2.05, 4.69) is 10.3 Å². The number of nitrogens with one attached hydrogen (secondary N) is 1. The number of aromatic nitrogens is 1. The monoisotopic (exact) mass is 258 g/mol. The van der Waals surface area contributed by atoms with Gasteiger partial charge in [-0.3, -0.25) is 10.1 Å². The Kier molecular flexibility index (Phi) is 3.87. The minimum Gasteiger partial charge on any atom is -0.373 e. The van der Waals surface area contributed by atoms with Gasteiger partial charge < -0.3 is 15.0 Å². The molecule has 2 rings (SSSR count). The van der Waals surface area contributed by atoms with Crippen LogP contribution in [0.15, 0.2) is 6.20 Å². The minimum absolute atomic E-state index is 0.0802. The molecule has 1 unspecified atom stereocenters. The lowest BCUT2D eigenvalue weighted by Gasteiger charge is -2.32. The average Bonchev–Trinajstić information content (AvgIpc) is 2.79. The lowest BCUT2D eigenvalue weighted by Crippen LogP contribution is -2.46. The normalized spacial score (nSPS) is 20.5. The van der Waals surface area contributed by atoms with Gasteiger partial charge in [-0.05, 0) is 18.4 Å². The molecule has 1 aliphatic rings. The summed E-state index contributed by atoms with van der Waals surface area (Å²) in [6, 6.07) is 0. The molecule has 8 heteroatoms. The first-order valence-corrected chi connectivity index (χ1v) is 6.13. The summed E-state index contributed by atoms with van der Waals surface area (Å²) in [7, 11) is 1.87. The summed E-state index contributed by atoms with van der Waals surface area (Å²) in [5, 5.41) is 14.4. The van der Waals surface area contributed by atoms with Crippen LogP contribution in [0.4, 0.5) is 10.1 Å². The zero-order chi connectivity index (χ0) is 12.3. The number of morpholine rings is 1. The van der Waals surface area contributed by atoms with Crippen molar-refractivity contribution in [3.8, 4) is 0 Å². The molecule has 0 spiro atoms. The van der Waals surface area contributed by atoms with Crippen molar-refractivity contribution in [3.63, 3.8) is 0 Å². The summed E-state index contributed by atoms with van der Waals surface area (Å²) in [6.07, 6.45) is 1.42. The van der Waals surface area contributed by atoms with E-state index >= 15 is 0 Å². The summed E-state index contributed by atoms with van der Waals surface area (Å²) in [5.74, 6) is 0. The Bertz CT molecular complexity index is 395. The standard InChI is InChI=1S/C9H14N4O3S/c1-10-4-7-6-12(2-3-16-7)9-11-5-8(17-9)13(14)15/h5,7,10H,2-4,6H2,1H3. The molecule has 1 aliphatic heterocycles. The number of hydrogen-bond donors (Lipinski definition) is 1. The molecule has 94 valence electrons. The van der Waals surface area contributed by atoms with Gasteiger partial charge in [-0.25, -0.2) is 4.98 Å². The Hall–Kier alpha value is -1.25. The van der Waals surface area contributed by atoms with Crippen molar-refractivity contribution in [1.82, 2.24) is 10.3 Å². The summed E-state index contributed by atoms with van der Waals surface area (Å²) in [5.41, 5.74) is 0. The lowest BCUT2D eigenvalue weighted by atomic mass is 10.3. The molecule has 0 aromatic carbocycles. The third kappa shape index (κ3) is 2.90. The van der Waals surface area contributed by atoms with Crippen LogP contribution < -0.4 is 10.2 Å². The number of rotatable bonds is 4. The maximum Gasteiger partial charge on any atom is 0.345 e. The van der Waals surface area contributed by atoms with Crippen LogP contribution >= 0.6 is 11.3 Å².